The van der Waals surface area contributed by atoms with Crippen LogP contribution in [0.1, 0.15) is 21.7 Å². The second kappa shape index (κ2) is 7.55. The highest BCUT2D eigenvalue weighted by molar-refractivity contribution is 6.36. The van der Waals surface area contributed by atoms with Crippen molar-refractivity contribution in [3.63, 3.8) is 0 Å². The third-order valence-corrected chi connectivity index (χ3v) is 4.21. The van der Waals surface area contributed by atoms with Crippen LogP contribution < -0.4 is 5.43 Å². The van der Waals surface area contributed by atoms with E-state index in [1.165, 1.54) is 6.07 Å². The molecular weight excluding hydrogens is 357 g/mol. The molecule has 25 heavy (non-hydrogen) atoms. The summed E-state index contributed by atoms with van der Waals surface area (Å²) < 4.78 is 2.05. The Labute approximate surface area is 155 Å². The molecule has 126 valence electrons. The Kier molecular flexibility index (Phi) is 5.22. The number of para-hydroxylation sites is 1. The number of benzene rings is 2. The van der Waals surface area contributed by atoms with Crippen molar-refractivity contribution in [3.8, 4) is 5.69 Å². The van der Waals surface area contributed by atoms with E-state index >= 15 is 0 Å². The van der Waals surface area contributed by atoms with E-state index in [1.54, 1.807) is 18.3 Å². The van der Waals surface area contributed by atoms with Crippen LogP contribution in [0.3, 0.4) is 0 Å². The first-order valence-corrected chi connectivity index (χ1v) is 8.34. The maximum absolute atomic E-state index is 12.2. The Balaban J connectivity index is 1.78. The van der Waals surface area contributed by atoms with Gasteiger partial charge in [0.25, 0.3) is 5.91 Å². The van der Waals surface area contributed by atoms with E-state index in [1.807, 2.05) is 54.0 Å². The van der Waals surface area contributed by atoms with Crippen LogP contribution in [-0.2, 0) is 0 Å². The smallest absolute Gasteiger partial charge is 0.272 e. The van der Waals surface area contributed by atoms with E-state index < -0.39 is 5.91 Å². The Morgan fingerprint density at radius 2 is 1.84 bits per heavy atom. The molecule has 0 spiro atoms. The van der Waals surface area contributed by atoms with E-state index in [-0.39, 0.29) is 5.02 Å². The van der Waals surface area contributed by atoms with Crippen molar-refractivity contribution in [2.24, 2.45) is 5.10 Å². The highest BCUT2D eigenvalue weighted by atomic mass is 35.5. The molecule has 0 fully saturated rings. The molecule has 1 N–H and O–H groups in total. The molecule has 0 atom stereocenters. The van der Waals surface area contributed by atoms with Crippen molar-refractivity contribution in [1.29, 1.82) is 0 Å². The zero-order valence-corrected chi connectivity index (χ0v) is 14.9. The van der Waals surface area contributed by atoms with Crippen molar-refractivity contribution in [3.05, 3.63) is 87.7 Å². The first kappa shape index (κ1) is 17.3. The number of rotatable bonds is 4. The zero-order chi connectivity index (χ0) is 17.8. The molecule has 0 unspecified atom stereocenters. The number of carbonyl (C=O) groups excluding carboxylic acids is 1. The number of aromatic nitrogens is 1. The third-order valence-electron chi connectivity index (χ3n) is 3.66. The number of nitrogens with zero attached hydrogens (tertiary/aromatic N) is 2. The maximum Gasteiger partial charge on any atom is 0.272 e. The first-order chi connectivity index (χ1) is 12.1. The zero-order valence-electron chi connectivity index (χ0n) is 13.4. The Morgan fingerprint density at radius 1 is 1.08 bits per heavy atom. The van der Waals surface area contributed by atoms with E-state index in [9.17, 15) is 4.79 Å². The third kappa shape index (κ3) is 3.92. The summed E-state index contributed by atoms with van der Waals surface area (Å²) in [5.74, 6) is -0.396. The van der Waals surface area contributed by atoms with Gasteiger partial charge in [0.05, 0.1) is 22.5 Å². The second-order valence-corrected chi connectivity index (χ2v) is 6.24. The molecule has 4 nitrogen and oxygen atoms in total. The molecule has 0 radical (unpaired) electrons. The molecule has 2 aromatic carbocycles. The summed E-state index contributed by atoms with van der Waals surface area (Å²) in [6, 6.07) is 18.5. The summed E-state index contributed by atoms with van der Waals surface area (Å²) in [6.45, 7) is 2.01. The molecule has 3 aromatic rings. The average molecular weight is 372 g/mol. The summed E-state index contributed by atoms with van der Waals surface area (Å²) in [4.78, 5) is 12.2. The predicted molar refractivity (Wildman–Crippen MR) is 102 cm³/mol. The number of hydrogen-bond donors (Lipinski definition) is 1. The van der Waals surface area contributed by atoms with E-state index in [0.717, 1.165) is 17.1 Å². The summed E-state index contributed by atoms with van der Waals surface area (Å²) in [6.07, 6.45) is 1.60. The molecule has 6 heteroatoms. The average Bonchev–Trinajstić information content (AvgIpc) is 2.96. The number of carbonyl (C=O) groups is 1. The highest BCUT2D eigenvalue weighted by Gasteiger charge is 2.10. The van der Waals surface area contributed by atoms with Gasteiger partial charge in [0.15, 0.2) is 0 Å². The fourth-order valence-electron chi connectivity index (χ4n) is 2.48. The predicted octanol–water partition coefficient (Wildman–Crippen LogP) is 4.86. The minimum absolute atomic E-state index is 0.281. The van der Waals surface area contributed by atoms with Gasteiger partial charge in [-0.05, 0) is 49.4 Å². The van der Waals surface area contributed by atoms with Crippen LogP contribution in [0, 0.1) is 6.92 Å². The number of hydrogen-bond acceptors (Lipinski definition) is 2. The van der Waals surface area contributed by atoms with Crippen LogP contribution in [-0.4, -0.2) is 16.7 Å². The van der Waals surface area contributed by atoms with Crippen molar-refractivity contribution in [1.82, 2.24) is 9.99 Å². The second-order valence-electron chi connectivity index (χ2n) is 5.39. The minimum Gasteiger partial charge on any atom is -0.313 e. The molecule has 0 aliphatic carbocycles. The number of halogens is 2. The molecular formula is C19H15Cl2N3O. The lowest BCUT2D eigenvalue weighted by molar-refractivity contribution is 0.0955. The van der Waals surface area contributed by atoms with Gasteiger partial charge >= 0.3 is 0 Å². The van der Waals surface area contributed by atoms with Gasteiger partial charge in [0, 0.05) is 16.4 Å². The molecule has 1 aromatic heterocycles. The SMILES string of the molecule is Cc1ccc(/C=N/NC(=O)c2ccc(Cl)cc2Cl)n1-c1ccccc1. The Hall–Kier alpha value is -2.56. The first-order valence-electron chi connectivity index (χ1n) is 7.58. The van der Waals surface area contributed by atoms with Crippen LogP contribution in [0.4, 0.5) is 0 Å². The quantitative estimate of drug-likeness (QED) is 0.516. The molecule has 3 rings (SSSR count). The molecule has 0 saturated carbocycles. The molecule has 0 aliphatic rings. The molecule has 0 saturated heterocycles. The summed E-state index contributed by atoms with van der Waals surface area (Å²) in [5, 5.41) is 4.80. The van der Waals surface area contributed by atoms with Crippen LogP contribution >= 0.6 is 23.2 Å². The van der Waals surface area contributed by atoms with Gasteiger partial charge in [0.2, 0.25) is 0 Å². The van der Waals surface area contributed by atoms with Gasteiger partial charge in [-0.15, -0.1) is 0 Å². The fraction of sp³-hybridized carbons (Fsp3) is 0.0526. The van der Waals surface area contributed by atoms with Crippen LogP contribution in [0.2, 0.25) is 10.0 Å². The minimum atomic E-state index is -0.396. The monoisotopic (exact) mass is 371 g/mol. The molecule has 0 aliphatic heterocycles. The van der Waals surface area contributed by atoms with Gasteiger partial charge in [-0.3, -0.25) is 4.79 Å². The maximum atomic E-state index is 12.2. The van der Waals surface area contributed by atoms with Crippen LogP contribution in [0.15, 0.2) is 65.8 Å². The van der Waals surface area contributed by atoms with Crippen LogP contribution in [0.25, 0.3) is 5.69 Å². The number of amides is 1. The lowest BCUT2D eigenvalue weighted by atomic mass is 10.2. The van der Waals surface area contributed by atoms with Crippen molar-refractivity contribution in [2.75, 3.05) is 0 Å². The van der Waals surface area contributed by atoms with Gasteiger partial charge in [-0.25, -0.2) is 5.43 Å². The van der Waals surface area contributed by atoms with Crippen molar-refractivity contribution in [2.45, 2.75) is 6.92 Å². The topological polar surface area (TPSA) is 46.4 Å². The van der Waals surface area contributed by atoms with E-state index in [0.29, 0.717) is 10.6 Å². The highest BCUT2D eigenvalue weighted by Crippen LogP contribution is 2.21. The molecule has 0 bridgehead atoms. The number of hydrazone groups is 1. The number of aryl methyl sites for hydroxylation is 1. The van der Waals surface area contributed by atoms with E-state index in [2.05, 4.69) is 10.5 Å². The van der Waals surface area contributed by atoms with Crippen LogP contribution in [0.5, 0.6) is 0 Å². The lowest BCUT2D eigenvalue weighted by Crippen LogP contribution is -2.18. The van der Waals surface area contributed by atoms with Gasteiger partial charge in [-0.2, -0.15) is 5.10 Å². The van der Waals surface area contributed by atoms with Gasteiger partial charge < -0.3 is 4.57 Å². The number of nitrogens with one attached hydrogen (secondary N) is 1. The van der Waals surface area contributed by atoms with Crippen molar-refractivity contribution < 1.29 is 4.79 Å². The summed E-state index contributed by atoms with van der Waals surface area (Å²) in [5.41, 5.74) is 5.75. The van der Waals surface area contributed by atoms with Gasteiger partial charge in [-0.1, -0.05) is 41.4 Å². The summed E-state index contributed by atoms with van der Waals surface area (Å²) >= 11 is 11.9. The molecule has 1 heterocycles. The Bertz CT molecular complexity index is 933. The Morgan fingerprint density at radius 3 is 2.56 bits per heavy atom. The normalized spacial score (nSPS) is 11.0. The lowest BCUT2D eigenvalue weighted by Gasteiger charge is -2.09. The summed E-state index contributed by atoms with van der Waals surface area (Å²) in [7, 11) is 0. The van der Waals surface area contributed by atoms with Crippen molar-refractivity contribution >= 4 is 35.3 Å². The standard InChI is InChI=1S/C19H15Cl2N3O/c1-13-7-9-16(24(13)15-5-3-2-4-6-15)12-22-23-19(25)17-10-8-14(20)11-18(17)21/h2-12H,1H3,(H,23,25)/b22-12+. The van der Waals surface area contributed by atoms with E-state index in [4.69, 9.17) is 23.2 Å². The molecule has 1 amide bonds. The van der Waals surface area contributed by atoms with Gasteiger partial charge in [0.1, 0.15) is 0 Å². The fourth-order valence-corrected chi connectivity index (χ4v) is 2.97. The largest absolute Gasteiger partial charge is 0.313 e.